The molecule has 0 radical (unpaired) electrons. The lowest BCUT2D eigenvalue weighted by Gasteiger charge is -2.42. The lowest BCUT2D eigenvalue weighted by molar-refractivity contribution is 0.0601. The molecule has 2 aliphatic rings. The molecule has 0 amide bonds. The van der Waals surface area contributed by atoms with E-state index in [0.717, 1.165) is 36.3 Å². The van der Waals surface area contributed by atoms with Crippen LogP contribution in [0.1, 0.15) is 38.7 Å². The van der Waals surface area contributed by atoms with Gasteiger partial charge in [0, 0.05) is 56.8 Å². The van der Waals surface area contributed by atoms with Crippen molar-refractivity contribution in [2.75, 3.05) is 37.7 Å². The zero-order valence-corrected chi connectivity index (χ0v) is 21.5. The van der Waals surface area contributed by atoms with Crippen molar-refractivity contribution in [3.8, 4) is 0 Å². The first kappa shape index (κ1) is 24.0. The molecular formula is C21H29BrN4O4S2. The van der Waals surface area contributed by atoms with Crippen molar-refractivity contribution in [2.45, 2.75) is 49.0 Å². The third-order valence-electron chi connectivity index (χ3n) is 6.14. The third-order valence-corrected chi connectivity index (χ3v) is 10.1. The van der Waals surface area contributed by atoms with Gasteiger partial charge in [-0.05, 0) is 67.1 Å². The molecule has 2 aliphatic heterocycles. The van der Waals surface area contributed by atoms with Gasteiger partial charge in [0.2, 0.25) is 5.95 Å². The smallest absolute Gasteiger partial charge is 0.252 e. The molecule has 1 N–H and O–H groups in total. The molecule has 0 saturated carbocycles. The van der Waals surface area contributed by atoms with Crippen molar-refractivity contribution in [3.05, 3.63) is 33.9 Å². The summed E-state index contributed by atoms with van der Waals surface area (Å²) >= 11 is 4.60. The van der Waals surface area contributed by atoms with E-state index in [9.17, 15) is 13.5 Å². The number of halogens is 1. The minimum Gasteiger partial charge on any atom is -0.386 e. The van der Waals surface area contributed by atoms with E-state index in [4.69, 9.17) is 4.74 Å². The van der Waals surface area contributed by atoms with Crippen molar-refractivity contribution in [2.24, 2.45) is 5.92 Å². The second kappa shape index (κ2) is 9.63. The number of aromatic nitrogens is 2. The normalized spacial score (nSPS) is 21.8. The van der Waals surface area contributed by atoms with Gasteiger partial charge in [0.1, 0.15) is 4.21 Å². The first-order valence-corrected chi connectivity index (χ1v) is 13.8. The van der Waals surface area contributed by atoms with Crippen LogP contribution >= 0.6 is 27.3 Å². The second-order valence-corrected chi connectivity index (χ2v) is 13.5. The van der Waals surface area contributed by atoms with Crippen molar-refractivity contribution in [3.63, 3.8) is 0 Å². The molecule has 2 saturated heterocycles. The van der Waals surface area contributed by atoms with E-state index >= 15 is 0 Å². The van der Waals surface area contributed by atoms with Gasteiger partial charge in [0.15, 0.2) is 0 Å². The van der Waals surface area contributed by atoms with Crippen LogP contribution < -0.4 is 4.90 Å². The Morgan fingerprint density at radius 2 is 1.91 bits per heavy atom. The fourth-order valence-corrected chi connectivity index (χ4v) is 7.86. The lowest BCUT2D eigenvalue weighted by atomic mass is 9.91. The minimum absolute atomic E-state index is 0.0296. The summed E-state index contributed by atoms with van der Waals surface area (Å²) < 4.78 is 34.8. The molecule has 1 atom stereocenters. The maximum absolute atomic E-state index is 13.3. The monoisotopic (exact) mass is 544 g/mol. The van der Waals surface area contributed by atoms with E-state index in [-0.39, 0.29) is 6.04 Å². The number of sulfonamides is 1. The van der Waals surface area contributed by atoms with Crippen molar-refractivity contribution in [1.29, 1.82) is 0 Å². The van der Waals surface area contributed by atoms with E-state index in [2.05, 4.69) is 30.8 Å². The highest BCUT2D eigenvalue weighted by molar-refractivity contribution is 9.11. The Bertz CT molecular complexity index is 1020. The molecule has 11 heteroatoms. The predicted molar refractivity (Wildman–Crippen MR) is 127 cm³/mol. The molecule has 0 spiro atoms. The van der Waals surface area contributed by atoms with Gasteiger partial charge in [-0.15, -0.1) is 11.3 Å². The number of hydrogen-bond acceptors (Lipinski definition) is 8. The van der Waals surface area contributed by atoms with Crippen LogP contribution in [0, 0.1) is 5.92 Å². The minimum atomic E-state index is -3.55. The zero-order valence-electron chi connectivity index (χ0n) is 18.3. The Kier molecular flexibility index (Phi) is 7.23. The number of rotatable bonds is 6. The Morgan fingerprint density at radius 3 is 2.50 bits per heavy atom. The SMILES string of the molecule is CC(C)(O)c1cnc(N2CCN(S(=O)(=O)c3ccc(Br)s3)C[C@@H]2CC2CCOCC2)nc1. The Hall–Kier alpha value is -1.11. The molecule has 0 unspecified atom stereocenters. The summed E-state index contributed by atoms with van der Waals surface area (Å²) in [5.41, 5.74) is -0.367. The lowest BCUT2D eigenvalue weighted by Crippen LogP contribution is -2.56. The van der Waals surface area contributed by atoms with E-state index < -0.39 is 15.6 Å². The van der Waals surface area contributed by atoms with Crippen LogP contribution in [-0.2, 0) is 20.4 Å². The van der Waals surface area contributed by atoms with Crippen LogP contribution in [0.15, 0.2) is 32.5 Å². The van der Waals surface area contributed by atoms with Gasteiger partial charge in [-0.3, -0.25) is 0 Å². The van der Waals surface area contributed by atoms with Crippen LogP contribution in [0.3, 0.4) is 0 Å². The highest BCUT2D eigenvalue weighted by atomic mass is 79.9. The molecule has 32 heavy (non-hydrogen) atoms. The molecule has 0 bridgehead atoms. The van der Waals surface area contributed by atoms with Gasteiger partial charge in [0.25, 0.3) is 10.0 Å². The molecule has 2 aromatic rings. The molecular weight excluding hydrogens is 516 g/mol. The number of nitrogens with zero attached hydrogens (tertiary/aromatic N) is 4. The Balaban J connectivity index is 1.57. The second-order valence-electron chi connectivity index (χ2n) is 8.89. The summed E-state index contributed by atoms with van der Waals surface area (Å²) in [7, 11) is -3.55. The molecule has 176 valence electrons. The largest absolute Gasteiger partial charge is 0.386 e. The standard InChI is InChI=1S/C21H29BrN4O4S2/c1-21(2,27)16-12-23-20(24-13-16)26-8-7-25(32(28,29)19-4-3-18(22)31-19)14-17(26)11-15-5-9-30-10-6-15/h3-4,12-13,15,17,27H,5-11,14H2,1-2H3/t17-/m0/s1. The maximum Gasteiger partial charge on any atom is 0.252 e. The van der Waals surface area contributed by atoms with Gasteiger partial charge in [-0.1, -0.05) is 0 Å². The Labute approximate surface area is 201 Å². The highest BCUT2D eigenvalue weighted by Gasteiger charge is 2.37. The predicted octanol–water partition coefficient (Wildman–Crippen LogP) is 3.22. The number of ether oxygens (including phenoxy) is 1. The molecule has 8 nitrogen and oxygen atoms in total. The van der Waals surface area contributed by atoms with Crippen LogP contribution in [0.2, 0.25) is 0 Å². The van der Waals surface area contributed by atoms with E-state index in [0.29, 0.717) is 41.3 Å². The van der Waals surface area contributed by atoms with E-state index in [1.54, 1.807) is 42.7 Å². The average Bonchev–Trinajstić information content (AvgIpc) is 3.21. The van der Waals surface area contributed by atoms with Crippen LogP contribution in [0.4, 0.5) is 5.95 Å². The number of anilines is 1. The summed E-state index contributed by atoms with van der Waals surface area (Å²) in [4.78, 5) is 11.2. The van der Waals surface area contributed by atoms with Crippen LogP contribution in [-0.4, -0.2) is 66.7 Å². The van der Waals surface area contributed by atoms with Gasteiger partial charge in [0.05, 0.1) is 9.39 Å². The number of piperazine rings is 1. The van der Waals surface area contributed by atoms with E-state index in [1.807, 2.05) is 0 Å². The molecule has 4 heterocycles. The molecule has 2 aromatic heterocycles. The average molecular weight is 546 g/mol. The summed E-state index contributed by atoms with van der Waals surface area (Å²) in [6.45, 7) is 6.18. The van der Waals surface area contributed by atoms with Crippen molar-refractivity contribution in [1.82, 2.24) is 14.3 Å². The van der Waals surface area contributed by atoms with Gasteiger partial charge in [-0.25, -0.2) is 18.4 Å². The quantitative estimate of drug-likeness (QED) is 0.596. The molecule has 0 aliphatic carbocycles. The van der Waals surface area contributed by atoms with Crippen molar-refractivity contribution >= 4 is 43.2 Å². The first-order valence-electron chi connectivity index (χ1n) is 10.8. The zero-order chi connectivity index (χ0) is 22.9. The van der Waals surface area contributed by atoms with E-state index in [1.165, 1.54) is 11.3 Å². The number of thiophene rings is 1. The molecule has 0 aromatic carbocycles. The fraction of sp³-hybridized carbons (Fsp3) is 0.619. The summed E-state index contributed by atoms with van der Waals surface area (Å²) in [5.74, 6) is 1.05. The first-order chi connectivity index (χ1) is 15.1. The number of hydrogen-bond donors (Lipinski definition) is 1. The van der Waals surface area contributed by atoms with Gasteiger partial charge < -0.3 is 14.7 Å². The van der Waals surface area contributed by atoms with Gasteiger partial charge >= 0.3 is 0 Å². The Morgan fingerprint density at radius 1 is 1.22 bits per heavy atom. The van der Waals surface area contributed by atoms with Gasteiger partial charge in [-0.2, -0.15) is 4.31 Å². The topological polar surface area (TPSA) is 95.9 Å². The molecule has 2 fully saturated rings. The maximum atomic E-state index is 13.3. The van der Waals surface area contributed by atoms with Crippen molar-refractivity contribution < 1.29 is 18.3 Å². The van der Waals surface area contributed by atoms with Crippen LogP contribution in [0.5, 0.6) is 0 Å². The summed E-state index contributed by atoms with van der Waals surface area (Å²) in [6, 6.07) is 3.39. The van der Waals surface area contributed by atoms with Crippen LogP contribution in [0.25, 0.3) is 0 Å². The summed E-state index contributed by atoms with van der Waals surface area (Å²) in [5, 5.41) is 10.2. The highest BCUT2D eigenvalue weighted by Crippen LogP contribution is 2.32. The fourth-order valence-electron chi connectivity index (χ4n) is 4.23. The summed E-state index contributed by atoms with van der Waals surface area (Å²) in [6.07, 6.45) is 6.13. The third kappa shape index (κ3) is 5.34. The molecule has 4 rings (SSSR count). The number of aliphatic hydroxyl groups is 1.